The van der Waals surface area contributed by atoms with E-state index in [2.05, 4.69) is 22.0 Å². The Balaban J connectivity index is 1.71. The van der Waals surface area contributed by atoms with Crippen LogP contribution in [0.25, 0.3) is 5.82 Å². The number of carbonyl (C=O) groups is 2. The van der Waals surface area contributed by atoms with E-state index in [0.717, 1.165) is 17.6 Å². The molecule has 1 N–H and O–H groups in total. The van der Waals surface area contributed by atoms with Crippen LogP contribution in [-0.4, -0.2) is 39.6 Å². The molecule has 0 aliphatic rings. The molecule has 3 rings (SSSR count). The lowest BCUT2D eigenvalue weighted by Gasteiger charge is -2.14. The molecule has 0 radical (unpaired) electrons. The zero-order chi connectivity index (χ0) is 20.6. The number of nitrogens with zero attached hydrogens (tertiary/aromatic N) is 3. The fourth-order valence-corrected chi connectivity index (χ4v) is 2.82. The molecule has 0 aliphatic heterocycles. The molecule has 2 heterocycles. The van der Waals surface area contributed by atoms with Gasteiger partial charge in [-0.1, -0.05) is 30.9 Å². The lowest BCUT2D eigenvalue weighted by Crippen LogP contribution is -2.38. The third-order valence-corrected chi connectivity index (χ3v) is 4.16. The Hall–Kier alpha value is -3.74. The minimum atomic E-state index is -0.671. The van der Waals surface area contributed by atoms with Gasteiger partial charge in [0.25, 0.3) is 5.91 Å². The number of carbonyl (C=O) groups excluding carboxylic acids is 2. The van der Waals surface area contributed by atoms with Crippen molar-refractivity contribution in [3.05, 3.63) is 84.3 Å². The molecule has 1 unspecified atom stereocenters. The molecule has 0 bridgehead atoms. The van der Waals surface area contributed by atoms with Gasteiger partial charge in [0.2, 0.25) is 0 Å². The van der Waals surface area contributed by atoms with Gasteiger partial charge in [0.1, 0.15) is 24.3 Å². The number of pyridine rings is 1. The van der Waals surface area contributed by atoms with Crippen LogP contribution in [0.3, 0.4) is 0 Å². The molecule has 0 saturated carbocycles. The van der Waals surface area contributed by atoms with E-state index in [0.29, 0.717) is 30.2 Å². The number of aldehydes is 1. The molecule has 3 aromatic rings. The van der Waals surface area contributed by atoms with E-state index in [1.54, 1.807) is 37.4 Å². The standard InChI is InChI=1S/C22H22N4O3/c1-3-12-29-19-9-7-17(8-10-19)14-18(15-27)24-22(28)20-13-16(2)25-26(20)21-6-4-5-11-23-21/h3-11,13,15,18H,1,12,14H2,2H3,(H,24,28). The van der Waals surface area contributed by atoms with Crippen molar-refractivity contribution in [3.63, 3.8) is 0 Å². The Morgan fingerprint density at radius 3 is 2.72 bits per heavy atom. The number of nitrogens with one attached hydrogen (secondary N) is 1. The van der Waals surface area contributed by atoms with E-state index in [1.165, 1.54) is 4.68 Å². The number of aryl methyl sites for hydroxylation is 1. The molecule has 7 nitrogen and oxygen atoms in total. The zero-order valence-electron chi connectivity index (χ0n) is 16.1. The fourth-order valence-electron chi connectivity index (χ4n) is 2.82. The van der Waals surface area contributed by atoms with E-state index in [-0.39, 0.29) is 5.91 Å². The average molecular weight is 390 g/mol. The first kappa shape index (κ1) is 20.0. The highest BCUT2D eigenvalue weighted by atomic mass is 16.5. The van der Waals surface area contributed by atoms with Gasteiger partial charge in [0.15, 0.2) is 5.82 Å². The maximum atomic E-state index is 12.8. The minimum Gasteiger partial charge on any atom is -0.490 e. The van der Waals surface area contributed by atoms with Crippen LogP contribution in [0.1, 0.15) is 21.7 Å². The van der Waals surface area contributed by atoms with E-state index in [4.69, 9.17) is 4.74 Å². The molecule has 2 aromatic heterocycles. The summed E-state index contributed by atoms with van der Waals surface area (Å²) in [6.07, 6.45) is 4.40. The minimum absolute atomic E-state index is 0.321. The molecule has 0 aliphatic carbocycles. The van der Waals surface area contributed by atoms with Gasteiger partial charge >= 0.3 is 0 Å². The summed E-state index contributed by atoms with van der Waals surface area (Å²) in [7, 11) is 0. The van der Waals surface area contributed by atoms with Crippen molar-refractivity contribution < 1.29 is 14.3 Å². The fraction of sp³-hybridized carbons (Fsp3) is 0.182. The van der Waals surface area contributed by atoms with Crippen LogP contribution in [0.15, 0.2) is 67.4 Å². The third kappa shape index (κ3) is 5.16. The molecule has 0 saturated heterocycles. The summed E-state index contributed by atoms with van der Waals surface area (Å²) in [6, 6.07) is 13.7. The highest BCUT2D eigenvalue weighted by Gasteiger charge is 2.19. The van der Waals surface area contributed by atoms with Gasteiger partial charge in [0.05, 0.1) is 11.7 Å². The molecule has 0 fully saturated rings. The summed E-state index contributed by atoms with van der Waals surface area (Å²) in [6.45, 7) is 5.83. The third-order valence-electron chi connectivity index (χ3n) is 4.16. The first-order chi connectivity index (χ1) is 14.1. The van der Waals surface area contributed by atoms with E-state index in [9.17, 15) is 9.59 Å². The van der Waals surface area contributed by atoms with Gasteiger partial charge in [-0.3, -0.25) is 4.79 Å². The van der Waals surface area contributed by atoms with Crippen LogP contribution < -0.4 is 10.1 Å². The second-order valence-corrected chi connectivity index (χ2v) is 6.43. The van der Waals surface area contributed by atoms with Gasteiger partial charge in [-0.2, -0.15) is 5.10 Å². The van der Waals surface area contributed by atoms with E-state index < -0.39 is 6.04 Å². The highest BCUT2D eigenvalue weighted by molar-refractivity contribution is 5.94. The quantitative estimate of drug-likeness (QED) is 0.448. The first-order valence-corrected chi connectivity index (χ1v) is 9.17. The van der Waals surface area contributed by atoms with E-state index in [1.807, 2.05) is 30.3 Å². The van der Waals surface area contributed by atoms with Gasteiger partial charge < -0.3 is 14.8 Å². The number of hydrogen-bond donors (Lipinski definition) is 1. The highest BCUT2D eigenvalue weighted by Crippen LogP contribution is 2.14. The molecule has 29 heavy (non-hydrogen) atoms. The van der Waals surface area contributed by atoms with Crippen LogP contribution >= 0.6 is 0 Å². The molecule has 1 amide bonds. The van der Waals surface area contributed by atoms with Crippen LogP contribution in [0, 0.1) is 6.92 Å². The molecule has 148 valence electrons. The summed E-state index contributed by atoms with van der Waals surface area (Å²) in [4.78, 5) is 28.6. The van der Waals surface area contributed by atoms with Crippen molar-refractivity contribution in [1.29, 1.82) is 0 Å². The Kier molecular flexibility index (Phi) is 6.52. The summed E-state index contributed by atoms with van der Waals surface area (Å²) < 4.78 is 6.92. The lowest BCUT2D eigenvalue weighted by molar-refractivity contribution is -0.109. The van der Waals surface area contributed by atoms with Crippen molar-refractivity contribution in [1.82, 2.24) is 20.1 Å². The average Bonchev–Trinajstić information content (AvgIpc) is 3.15. The lowest BCUT2D eigenvalue weighted by atomic mass is 10.1. The SMILES string of the molecule is C=CCOc1ccc(CC(C=O)NC(=O)c2cc(C)nn2-c2ccccn2)cc1. The normalized spacial score (nSPS) is 11.5. The predicted molar refractivity (Wildman–Crippen MR) is 109 cm³/mol. The Morgan fingerprint density at radius 2 is 2.07 bits per heavy atom. The number of benzene rings is 1. The van der Waals surface area contributed by atoms with Crippen LogP contribution in [0.5, 0.6) is 5.75 Å². The second kappa shape index (κ2) is 9.45. The molecule has 1 aromatic carbocycles. The molecule has 1 atom stereocenters. The predicted octanol–water partition coefficient (Wildman–Crippen LogP) is 2.68. The smallest absolute Gasteiger partial charge is 0.270 e. The van der Waals surface area contributed by atoms with Gasteiger partial charge in [-0.25, -0.2) is 9.67 Å². The van der Waals surface area contributed by atoms with Crippen LogP contribution in [0.4, 0.5) is 0 Å². The molecule has 0 spiro atoms. The summed E-state index contributed by atoms with van der Waals surface area (Å²) >= 11 is 0. The van der Waals surface area contributed by atoms with Crippen molar-refractivity contribution in [2.24, 2.45) is 0 Å². The Morgan fingerprint density at radius 1 is 1.28 bits per heavy atom. The van der Waals surface area contributed by atoms with Crippen LogP contribution in [0.2, 0.25) is 0 Å². The Bertz CT molecular complexity index is 981. The number of rotatable bonds is 9. The first-order valence-electron chi connectivity index (χ1n) is 9.17. The zero-order valence-corrected chi connectivity index (χ0v) is 16.1. The number of aromatic nitrogens is 3. The molecular formula is C22H22N4O3. The number of amides is 1. The summed E-state index contributed by atoms with van der Waals surface area (Å²) in [5.74, 6) is 0.859. The Labute approximate surface area is 169 Å². The molecule has 7 heteroatoms. The van der Waals surface area contributed by atoms with Gasteiger partial charge in [-0.05, 0) is 49.2 Å². The molecular weight excluding hydrogens is 368 g/mol. The topological polar surface area (TPSA) is 86.1 Å². The monoisotopic (exact) mass is 390 g/mol. The van der Waals surface area contributed by atoms with Crippen molar-refractivity contribution >= 4 is 12.2 Å². The largest absolute Gasteiger partial charge is 0.490 e. The van der Waals surface area contributed by atoms with Crippen molar-refractivity contribution in [2.45, 2.75) is 19.4 Å². The summed E-state index contributed by atoms with van der Waals surface area (Å²) in [5.41, 5.74) is 1.91. The summed E-state index contributed by atoms with van der Waals surface area (Å²) in [5, 5.41) is 7.10. The van der Waals surface area contributed by atoms with Gasteiger partial charge in [-0.15, -0.1) is 0 Å². The number of ether oxygens (including phenoxy) is 1. The van der Waals surface area contributed by atoms with Gasteiger partial charge in [0, 0.05) is 6.20 Å². The van der Waals surface area contributed by atoms with Crippen LogP contribution in [-0.2, 0) is 11.2 Å². The number of hydrogen-bond acceptors (Lipinski definition) is 5. The maximum Gasteiger partial charge on any atom is 0.270 e. The van der Waals surface area contributed by atoms with Crippen molar-refractivity contribution in [2.75, 3.05) is 6.61 Å². The van der Waals surface area contributed by atoms with Crippen molar-refractivity contribution in [3.8, 4) is 11.6 Å². The second-order valence-electron chi connectivity index (χ2n) is 6.43. The maximum absolute atomic E-state index is 12.8. The van der Waals surface area contributed by atoms with E-state index >= 15 is 0 Å².